The van der Waals surface area contributed by atoms with Crippen molar-refractivity contribution in [1.29, 1.82) is 0 Å². The summed E-state index contributed by atoms with van der Waals surface area (Å²) in [5.74, 6) is -2.04. The predicted molar refractivity (Wildman–Crippen MR) is 127 cm³/mol. The van der Waals surface area contributed by atoms with Crippen molar-refractivity contribution >= 4 is 67.4 Å². The molecule has 0 atom stereocenters. The Morgan fingerprint density at radius 3 is 2.57 bits per heavy atom. The maximum Gasteiger partial charge on any atom is 0.313 e. The van der Waals surface area contributed by atoms with Gasteiger partial charge in [-0.2, -0.15) is 27.2 Å². The van der Waals surface area contributed by atoms with E-state index in [0.717, 1.165) is 6.07 Å². The Morgan fingerprint density at radius 1 is 1.08 bits per heavy atom. The molecular formula is C20H12ClF2N5O7S2. The Labute approximate surface area is 215 Å². The van der Waals surface area contributed by atoms with Crippen LogP contribution in [0.2, 0.25) is 5.02 Å². The van der Waals surface area contributed by atoms with Gasteiger partial charge in [0.25, 0.3) is 10.1 Å². The lowest BCUT2D eigenvalue weighted by Crippen LogP contribution is -2.02. The quantitative estimate of drug-likeness (QED) is 0.0365. The second-order valence-electron chi connectivity index (χ2n) is 6.95. The number of anilines is 2. The summed E-state index contributed by atoms with van der Waals surface area (Å²) in [6, 6.07) is 11.0. The number of aromatic nitrogens is 2. The number of hydrogen-bond donors (Lipinski definition) is 4. The third kappa shape index (κ3) is 5.91. The molecule has 4 aromatic rings. The molecule has 1 heterocycles. The van der Waals surface area contributed by atoms with Gasteiger partial charge in [-0.25, -0.2) is 5.26 Å². The van der Waals surface area contributed by atoms with Gasteiger partial charge in [0, 0.05) is 11.1 Å². The molecule has 0 unspecified atom stereocenters. The van der Waals surface area contributed by atoms with E-state index in [9.17, 15) is 26.9 Å². The fraction of sp³-hybridized carbons (Fsp3) is 0. The summed E-state index contributed by atoms with van der Waals surface area (Å²) < 4.78 is 64.1. The first kappa shape index (κ1) is 26.6. The second-order valence-corrected chi connectivity index (χ2v) is 9.46. The summed E-state index contributed by atoms with van der Waals surface area (Å²) in [5.41, 5.74) is -0.165. The first-order valence-electron chi connectivity index (χ1n) is 9.66. The fourth-order valence-corrected chi connectivity index (χ4v) is 4.37. The van der Waals surface area contributed by atoms with Crippen molar-refractivity contribution < 1.29 is 41.5 Å². The molecular weight excluding hydrogens is 560 g/mol. The van der Waals surface area contributed by atoms with Crippen LogP contribution in [0.1, 0.15) is 0 Å². The smallest absolute Gasteiger partial charge is 0.313 e. The van der Waals surface area contributed by atoms with Crippen LogP contribution in [0.4, 0.5) is 31.7 Å². The highest BCUT2D eigenvalue weighted by Crippen LogP contribution is 2.45. The molecule has 1 aromatic heterocycles. The highest BCUT2D eigenvalue weighted by molar-refractivity contribution is 7.94. The Bertz CT molecular complexity index is 1640. The summed E-state index contributed by atoms with van der Waals surface area (Å²) in [4.78, 5) is 5.81. The number of aromatic hydroxyl groups is 1. The van der Waals surface area contributed by atoms with Gasteiger partial charge in [-0.3, -0.25) is 4.55 Å². The minimum absolute atomic E-state index is 0.0430. The molecule has 0 fully saturated rings. The first-order valence-corrected chi connectivity index (χ1v) is 12.2. The molecule has 3 aromatic carbocycles. The maximum absolute atomic E-state index is 13.6. The summed E-state index contributed by atoms with van der Waals surface area (Å²) in [7, 11) is -4.62. The minimum Gasteiger partial charge on any atom is -0.505 e. The van der Waals surface area contributed by atoms with Crippen LogP contribution in [0.15, 0.2) is 68.6 Å². The molecule has 4 N–H and O–H groups in total. The third-order valence-corrected chi connectivity index (χ3v) is 6.51. The minimum atomic E-state index is -4.62. The average molecular weight is 572 g/mol. The molecule has 12 nitrogen and oxygen atoms in total. The summed E-state index contributed by atoms with van der Waals surface area (Å²) in [6.45, 7) is 0. The largest absolute Gasteiger partial charge is 0.505 e. The van der Waals surface area contributed by atoms with Crippen LogP contribution in [0.5, 0.6) is 5.75 Å². The topological polar surface area (TPSA) is 176 Å². The predicted octanol–water partition coefficient (Wildman–Crippen LogP) is 6.10. The van der Waals surface area contributed by atoms with E-state index < -0.39 is 37.8 Å². The van der Waals surface area contributed by atoms with E-state index in [0.29, 0.717) is 17.4 Å². The number of benzene rings is 3. The van der Waals surface area contributed by atoms with Crippen molar-refractivity contribution in [3.8, 4) is 5.75 Å². The van der Waals surface area contributed by atoms with Crippen LogP contribution in [0, 0.1) is 12.0 Å². The zero-order chi connectivity index (χ0) is 26.7. The van der Waals surface area contributed by atoms with Crippen LogP contribution in [-0.4, -0.2) is 33.3 Å². The lowest BCUT2D eigenvalue weighted by Gasteiger charge is -2.12. The van der Waals surface area contributed by atoms with Crippen LogP contribution in [0.3, 0.4) is 0 Å². The lowest BCUT2D eigenvalue weighted by molar-refractivity contribution is -0.432. The van der Waals surface area contributed by atoms with Gasteiger partial charge in [0.05, 0.1) is 16.9 Å². The molecule has 192 valence electrons. The summed E-state index contributed by atoms with van der Waals surface area (Å²) >= 11 is 6.21. The second kappa shape index (κ2) is 10.9. The molecule has 0 bridgehead atoms. The van der Waals surface area contributed by atoms with Gasteiger partial charge in [-0.05, 0) is 41.8 Å². The van der Waals surface area contributed by atoms with Crippen molar-refractivity contribution in [2.45, 2.75) is 9.79 Å². The Morgan fingerprint density at radius 2 is 1.84 bits per heavy atom. The highest BCUT2D eigenvalue weighted by atomic mass is 35.5. The van der Waals surface area contributed by atoms with E-state index in [1.165, 1.54) is 42.5 Å². The molecule has 0 aliphatic heterocycles. The zero-order valence-electron chi connectivity index (χ0n) is 17.8. The van der Waals surface area contributed by atoms with Crippen LogP contribution in [0.25, 0.3) is 10.8 Å². The number of nitrogens with one attached hydrogen (secondary N) is 1. The van der Waals surface area contributed by atoms with Gasteiger partial charge < -0.3 is 10.4 Å². The molecule has 4 rings (SSSR count). The Hall–Kier alpha value is -3.51. The summed E-state index contributed by atoms with van der Waals surface area (Å²) in [5, 5.41) is 33.4. The zero-order valence-corrected chi connectivity index (χ0v) is 20.2. The van der Waals surface area contributed by atoms with Gasteiger partial charge in [0.1, 0.15) is 21.3 Å². The van der Waals surface area contributed by atoms with E-state index in [1.54, 1.807) is 0 Å². The monoisotopic (exact) mass is 571 g/mol. The van der Waals surface area contributed by atoms with Gasteiger partial charge >= 0.3 is 6.08 Å². The number of hydrogen-bond acceptors (Lipinski definition) is 12. The van der Waals surface area contributed by atoms with E-state index in [1.807, 2.05) is 0 Å². The first-order chi connectivity index (χ1) is 17.6. The number of halogens is 3. The molecule has 0 spiro atoms. The summed E-state index contributed by atoms with van der Waals surface area (Å²) in [6.07, 6.45) is -1.34. The Balaban J connectivity index is 1.78. The van der Waals surface area contributed by atoms with Crippen molar-refractivity contribution in [2.24, 2.45) is 10.2 Å². The molecule has 0 radical (unpaired) electrons. The number of phenolic OH excluding ortho intramolecular Hbond substituents is 1. The number of azo groups is 1. The van der Waals surface area contributed by atoms with E-state index in [-0.39, 0.29) is 33.2 Å². The molecule has 0 amide bonds. The third-order valence-electron chi connectivity index (χ3n) is 4.65. The SMILES string of the molecule is O=S(=O)(O)c1ccccc1N=Nc1c(SOOO)cc2cc(Nc3nc(F)nc(F)c3Cl)ccc2c1O. The molecule has 0 saturated carbocycles. The molecule has 17 heteroatoms. The van der Waals surface area contributed by atoms with E-state index in [2.05, 4.69) is 34.9 Å². The van der Waals surface area contributed by atoms with E-state index >= 15 is 0 Å². The van der Waals surface area contributed by atoms with Crippen LogP contribution >= 0.6 is 23.6 Å². The number of nitrogens with zero attached hydrogens (tertiary/aromatic N) is 4. The van der Waals surface area contributed by atoms with Gasteiger partial charge in [-0.1, -0.05) is 28.8 Å². The van der Waals surface area contributed by atoms with Crippen LogP contribution < -0.4 is 5.32 Å². The number of rotatable bonds is 8. The normalized spacial score (nSPS) is 11.9. The average Bonchev–Trinajstić information content (AvgIpc) is 2.84. The Kier molecular flexibility index (Phi) is 7.79. The highest BCUT2D eigenvalue weighted by Gasteiger charge is 2.19. The molecule has 37 heavy (non-hydrogen) atoms. The fourth-order valence-electron chi connectivity index (χ4n) is 3.12. The van der Waals surface area contributed by atoms with E-state index in [4.69, 9.17) is 16.9 Å². The van der Waals surface area contributed by atoms with Gasteiger partial charge in [0.15, 0.2) is 11.6 Å². The van der Waals surface area contributed by atoms with Gasteiger partial charge in [-0.15, -0.1) is 14.6 Å². The molecule has 0 aliphatic carbocycles. The van der Waals surface area contributed by atoms with Crippen molar-refractivity contribution in [1.82, 2.24) is 9.97 Å². The number of phenols is 1. The lowest BCUT2D eigenvalue weighted by atomic mass is 10.1. The van der Waals surface area contributed by atoms with Gasteiger partial charge in [0.2, 0.25) is 5.95 Å². The van der Waals surface area contributed by atoms with Crippen molar-refractivity contribution in [3.05, 3.63) is 65.6 Å². The van der Waals surface area contributed by atoms with Crippen molar-refractivity contribution in [3.63, 3.8) is 0 Å². The standard InChI is InChI=1S/C20H12ClF2N5O7S2/c21-15-18(22)25-20(23)26-19(15)24-10-5-6-11-9(7-10)8-13(36-35-34-30)16(17(11)29)28-27-12-3-1-2-4-14(12)37(31,32)33/h1-8,29-30H,(H,24,25,26)(H,31,32,33). The molecule has 0 aliphatic rings. The van der Waals surface area contributed by atoms with Crippen molar-refractivity contribution in [2.75, 3.05) is 5.32 Å². The molecule has 0 saturated heterocycles. The van der Waals surface area contributed by atoms with Crippen LogP contribution in [-0.2, 0) is 19.5 Å². The maximum atomic E-state index is 13.6. The number of fused-ring (bicyclic) bond motifs is 1.